The first kappa shape index (κ1) is 14.9. The van der Waals surface area contributed by atoms with Gasteiger partial charge in [-0.15, -0.1) is 0 Å². The third kappa shape index (κ3) is 3.12. The first-order chi connectivity index (χ1) is 9.52. The molecule has 1 N–H and O–H groups in total. The summed E-state index contributed by atoms with van der Waals surface area (Å²) in [5, 5.41) is 3.35. The zero-order valence-corrected chi connectivity index (χ0v) is 12.8. The molecule has 0 radical (unpaired) electrons. The number of rotatable bonds is 4. The average Bonchev–Trinajstić information content (AvgIpc) is 2.56. The lowest BCUT2D eigenvalue weighted by Crippen LogP contribution is -2.32. The number of ether oxygens (including phenoxy) is 1. The van der Waals surface area contributed by atoms with Gasteiger partial charge in [-0.3, -0.25) is 4.79 Å². The van der Waals surface area contributed by atoms with Gasteiger partial charge in [0.1, 0.15) is 5.75 Å². The van der Waals surface area contributed by atoms with Crippen LogP contribution in [0.2, 0.25) is 0 Å². The lowest BCUT2D eigenvalue weighted by Gasteiger charge is -2.22. The number of carbonyl (C=O) groups is 1. The van der Waals surface area contributed by atoms with Gasteiger partial charge in [-0.25, -0.2) is 0 Å². The van der Waals surface area contributed by atoms with E-state index < -0.39 is 0 Å². The van der Waals surface area contributed by atoms with Crippen molar-refractivity contribution in [3.8, 4) is 5.75 Å². The zero-order valence-electron chi connectivity index (χ0n) is 12.8. The third-order valence-electron chi connectivity index (χ3n) is 3.96. The summed E-state index contributed by atoms with van der Waals surface area (Å²) in [5.41, 5.74) is 2.10. The van der Waals surface area contributed by atoms with E-state index in [2.05, 4.69) is 31.3 Å². The molecule has 110 valence electrons. The first-order valence-corrected chi connectivity index (χ1v) is 7.22. The molecule has 0 spiro atoms. The molecule has 0 fully saturated rings. The van der Waals surface area contributed by atoms with E-state index in [0.29, 0.717) is 25.0 Å². The SMILES string of the molecule is CNC(Cc1ccc2c(c1)N(C)C(=O)CCO2)C(C)C. The van der Waals surface area contributed by atoms with Crippen LogP contribution in [0, 0.1) is 5.92 Å². The van der Waals surface area contributed by atoms with Crippen LogP contribution in [0.4, 0.5) is 5.69 Å². The highest BCUT2D eigenvalue weighted by molar-refractivity contribution is 5.95. The highest BCUT2D eigenvalue weighted by atomic mass is 16.5. The second-order valence-electron chi connectivity index (χ2n) is 5.70. The maximum atomic E-state index is 11.9. The summed E-state index contributed by atoms with van der Waals surface area (Å²) in [7, 11) is 3.81. The molecular weight excluding hydrogens is 252 g/mol. The Morgan fingerprint density at radius 1 is 1.40 bits per heavy atom. The minimum absolute atomic E-state index is 0.106. The minimum atomic E-state index is 0.106. The fourth-order valence-corrected chi connectivity index (χ4v) is 2.55. The first-order valence-electron chi connectivity index (χ1n) is 7.22. The van der Waals surface area contributed by atoms with Gasteiger partial charge < -0.3 is 15.0 Å². The zero-order chi connectivity index (χ0) is 14.7. The molecule has 1 aromatic rings. The van der Waals surface area contributed by atoms with Crippen molar-refractivity contribution >= 4 is 11.6 Å². The van der Waals surface area contributed by atoms with Crippen molar-refractivity contribution in [1.29, 1.82) is 0 Å². The Hall–Kier alpha value is -1.55. The van der Waals surface area contributed by atoms with Crippen LogP contribution in [0.25, 0.3) is 0 Å². The van der Waals surface area contributed by atoms with Crippen molar-refractivity contribution in [3.05, 3.63) is 23.8 Å². The van der Waals surface area contributed by atoms with Crippen molar-refractivity contribution in [3.63, 3.8) is 0 Å². The van der Waals surface area contributed by atoms with Gasteiger partial charge in [-0.05, 0) is 37.1 Å². The van der Waals surface area contributed by atoms with Gasteiger partial charge in [0, 0.05) is 13.1 Å². The molecule has 1 atom stereocenters. The van der Waals surface area contributed by atoms with Crippen LogP contribution in [0.5, 0.6) is 5.75 Å². The minimum Gasteiger partial charge on any atom is -0.491 e. The molecule has 1 unspecified atom stereocenters. The molecule has 1 heterocycles. The summed E-state index contributed by atoms with van der Waals surface area (Å²) in [6.45, 7) is 4.88. The Balaban J connectivity index is 2.26. The van der Waals surface area contributed by atoms with Crippen LogP contribution >= 0.6 is 0 Å². The Morgan fingerprint density at radius 2 is 2.15 bits per heavy atom. The van der Waals surface area contributed by atoms with Crippen LogP contribution in [-0.2, 0) is 11.2 Å². The predicted molar refractivity (Wildman–Crippen MR) is 81.4 cm³/mol. The van der Waals surface area contributed by atoms with Crippen molar-refractivity contribution in [2.24, 2.45) is 5.92 Å². The van der Waals surface area contributed by atoms with E-state index >= 15 is 0 Å². The Labute approximate surface area is 121 Å². The van der Waals surface area contributed by atoms with Crippen LogP contribution < -0.4 is 15.0 Å². The summed E-state index contributed by atoms with van der Waals surface area (Å²) < 4.78 is 5.64. The van der Waals surface area contributed by atoms with E-state index in [0.717, 1.165) is 17.9 Å². The number of benzene rings is 1. The summed E-state index contributed by atoms with van der Waals surface area (Å²) in [4.78, 5) is 13.6. The largest absolute Gasteiger partial charge is 0.491 e. The van der Waals surface area contributed by atoms with Crippen LogP contribution in [0.1, 0.15) is 25.8 Å². The van der Waals surface area contributed by atoms with Gasteiger partial charge in [-0.2, -0.15) is 0 Å². The predicted octanol–water partition coefficient (Wildman–Crippen LogP) is 2.22. The second-order valence-corrected chi connectivity index (χ2v) is 5.70. The van der Waals surface area contributed by atoms with Crippen molar-refractivity contribution < 1.29 is 9.53 Å². The molecule has 20 heavy (non-hydrogen) atoms. The normalized spacial score (nSPS) is 16.6. The quantitative estimate of drug-likeness (QED) is 0.917. The molecule has 4 nitrogen and oxygen atoms in total. The monoisotopic (exact) mass is 276 g/mol. The van der Waals surface area contributed by atoms with Crippen LogP contribution in [0.15, 0.2) is 18.2 Å². The molecule has 0 aromatic heterocycles. The topological polar surface area (TPSA) is 41.6 Å². The maximum absolute atomic E-state index is 11.9. The molecule has 1 aromatic carbocycles. The highest BCUT2D eigenvalue weighted by Gasteiger charge is 2.21. The van der Waals surface area contributed by atoms with Gasteiger partial charge in [0.15, 0.2) is 0 Å². The van der Waals surface area contributed by atoms with Crippen LogP contribution in [-0.4, -0.2) is 32.7 Å². The summed E-state index contributed by atoms with van der Waals surface area (Å²) in [5.74, 6) is 1.47. The average molecular weight is 276 g/mol. The van der Waals surface area contributed by atoms with Gasteiger partial charge in [-0.1, -0.05) is 19.9 Å². The number of fused-ring (bicyclic) bond motifs is 1. The Morgan fingerprint density at radius 3 is 2.80 bits per heavy atom. The van der Waals surface area contributed by atoms with E-state index in [1.54, 1.807) is 4.90 Å². The Bertz CT molecular complexity index is 485. The van der Waals surface area contributed by atoms with E-state index in [9.17, 15) is 4.79 Å². The number of carbonyl (C=O) groups excluding carboxylic acids is 1. The third-order valence-corrected chi connectivity index (χ3v) is 3.96. The van der Waals surface area contributed by atoms with Gasteiger partial charge in [0.05, 0.1) is 18.7 Å². The van der Waals surface area contributed by atoms with Crippen molar-refractivity contribution in [2.45, 2.75) is 32.7 Å². The van der Waals surface area contributed by atoms with E-state index in [-0.39, 0.29) is 5.91 Å². The lowest BCUT2D eigenvalue weighted by molar-refractivity contribution is -0.118. The second kappa shape index (κ2) is 6.27. The fraction of sp³-hybridized carbons (Fsp3) is 0.562. The van der Waals surface area contributed by atoms with Crippen LogP contribution in [0.3, 0.4) is 0 Å². The number of hydrogen-bond acceptors (Lipinski definition) is 3. The summed E-state index contributed by atoms with van der Waals surface area (Å²) in [6.07, 6.45) is 1.38. The van der Waals surface area contributed by atoms with Crippen molar-refractivity contribution in [1.82, 2.24) is 5.32 Å². The highest BCUT2D eigenvalue weighted by Crippen LogP contribution is 2.32. The molecule has 1 amide bonds. The summed E-state index contributed by atoms with van der Waals surface area (Å²) >= 11 is 0. The number of likely N-dealkylation sites (N-methyl/N-ethyl adjacent to an activating group) is 1. The van der Waals surface area contributed by atoms with Crippen molar-refractivity contribution in [2.75, 3.05) is 25.6 Å². The summed E-state index contributed by atoms with van der Waals surface area (Å²) in [6, 6.07) is 6.58. The lowest BCUT2D eigenvalue weighted by atomic mass is 9.96. The number of amides is 1. The number of nitrogens with zero attached hydrogens (tertiary/aromatic N) is 1. The molecule has 0 saturated carbocycles. The molecule has 4 heteroatoms. The smallest absolute Gasteiger partial charge is 0.230 e. The number of nitrogens with one attached hydrogen (secondary N) is 1. The molecule has 0 bridgehead atoms. The van der Waals surface area contributed by atoms with Gasteiger partial charge in [0.2, 0.25) is 5.91 Å². The molecule has 2 rings (SSSR count). The van der Waals surface area contributed by atoms with Gasteiger partial charge in [0.25, 0.3) is 0 Å². The van der Waals surface area contributed by atoms with E-state index in [1.807, 2.05) is 20.2 Å². The Kier molecular flexibility index (Phi) is 4.65. The molecule has 1 aliphatic rings. The molecular formula is C16H24N2O2. The molecule has 0 saturated heterocycles. The molecule has 1 aliphatic heterocycles. The van der Waals surface area contributed by atoms with E-state index in [4.69, 9.17) is 4.74 Å². The van der Waals surface area contributed by atoms with E-state index in [1.165, 1.54) is 5.56 Å². The number of hydrogen-bond donors (Lipinski definition) is 1. The fourth-order valence-electron chi connectivity index (χ4n) is 2.55. The van der Waals surface area contributed by atoms with Gasteiger partial charge >= 0.3 is 0 Å². The number of anilines is 1. The standard InChI is InChI=1S/C16H24N2O2/c1-11(2)13(17-3)9-12-5-6-15-14(10-12)18(4)16(19)7-8-20-15/h5-6,10-11,13,17H,7-9H2,1-4H3. The maximum Gasteiger partial charge on any atom is 0.230 e. The molecule has 0 aliphatic carbocycles.